The van der Waals surface area contributed by atoms with E-state index >= 15 is 0 Å². The number of halogens is 2. The number of amides is 1. The summed E-state index contributed by atoms with van der Waals surface area (Å²) in [6.45, 7) is 3.56. The molecule has 1 saturated carbocycles. The second-order valence-corrected chi connectivity index (χ2v) is 9.37. The van der Waals surface area contributed by atoms with Crippen LogP contribution in [0.3, 0.4) is 0 Å². The number of carbonyl (C=O) groups excluding carboxylic acids is 1. The maximum Gasteiger partial charge on any atom is 0.255 e. The van der Waals surface area contributed by atoms with Crippen molar-refractivity contribution in [3.8, 4) is 0 Å². The van der Waals surface area contributed by atoms with Gasteiger partial charge in [-0.25, -0.2) is 4.98 Å². The van der Waals surface area contributed by atoms with Gasteiger partial charge in [0.1, 0.15) is 11.0 Å². The highest BCUT2D eigenvalue weighted by atomic mass is 127. The van der Waals surface area contributed by atoms with Gasteiger partial charge in [-0.1, -0.05) is 29.3 Å². The number of nitrogens with one attached hydrogen (secondary N) is 1. The summed E-state index contributed by atoms with van der Waals surface area (Å²) in [5.41, 5.74) is 2.39. The predicted octanol–water partition coefficient (Wildman–Crippen LogP) is 5.14. The average molecular weight is 496 g/mol. The van der Waals surface area contributed by atoms with E-state index in [-0.39, 0.29) is 11.9 Å². The fourth-order valence-electron chi connectivity index (χ4n) is 4.02. The lowest BCUT2D eigenvalue weighted by Crippen LogP contribution is -2.50. The van der Waals surface area contributed by atoms with E-state index in [0.29, 0.717) is 17.1 Å². The smallest absolute Gasteiger partial charge is 0.255 e. The molecule has 1 aromatic heterocycles. The maximum absolute atomic E-state index is 13.3. The monoisotopic (exact) mass is 495 g/mol. The molecule has 142 valence electrons. The lowest BCUT2D eigenvalue weighted by atomic mass is 9.87. The number of benzene rings is 1. The van der Waals surface area contributed by atoms with Crippen LogP contribution in [0.15, 0.2) is 36.4 Å². The standard InChI is InChI=1S/C21H23ClIN3O/c1-14-5-6-17(23)16(11-14)20(27)26-10-9-21(7-8-21)12-15(26)13-24-19-4-2-3-18(22)25-19/h2-6,11,15H,7-10,12-13H2,1H3,(H,24,25). The fraction of sp³-hybridized carbons (Fsp3) is 0.429. The first-order valence-electron chi connectivity index (χ1n) is 9.39. The van der Waals surface area contributed by atoms with Crippen LogP contribution in [0.5, 0.6) is 0 Å². The fourth-order valence-corrected chi connectivity index (χ4v) is 4.75. The summed E-state index contributed by atoms with van der Waals surface area (Å²) < 4.78 is 1.01. The number of hydrogen-bond donors (Lipinski definition) is 1. The van der Waals surface area contributed by atoms with Gasteiger partial charge in [0.25, 0.3) is 5.91 Å². The van der Waals surface area contributed by atoms with Gasteiger partial charge in [-0.3, -0.25) is 4.79 Å². The molecule has 1 amide bonds. The Morgan fingerprint density at radius 1 is 1.33 bits per heavy atom. The molecule has 2 fully saturated rings. The SMILES string of the molecule is Cc1ccc(I)c(C(=O)N2CCC3(CC3)CC2CNc2cccc(Cl)n2)c1. The summed E-state index contributed by atoms with van der Waals surface area (Å²) in [6, 6.07) is 11.8. The quantitative estimate of drug-likeness (QED) is 0.472. The summed E-state index contributed by atoms with van der Waals surface area (Å²) in [7, 11) is 0. The molecule has 1 atom stereocenters. The van der Waals surface area contributed by atoms with E-state index in [2.05, 4.69) is 43.9 Å². The number of aryl methyl sites for hydroxylation is 1. The first kappa shape index (κ1) is 19.0. The Morgan fingerprint density at radius 2 is 2.15 bits per heavy atom. The van der Waals surface area contributed by atoms with E-state index in [1.807, 2.05) is 31.2 Å². The van der Waals surface area contributed by atoms with Crippen molar-refractivity contribution in [2.75, 3.05) is 18.4 Å². The third-order valence-electron chi connectivity index (χ3n) is 5.80. The third-order valence-corrected chi connectivity index (χ3v) is 6.95. The highest BCUT2D eigenvalue weighted by molar-refractivity contribution is 14.1. The first-order valence-corrected chi connectivity index (χ1v) is 10.9. The number of hydrogen-bond acceptors (Lipinski definition) is 3. The van der Waals surface area contributed by atoms with Crippen molar-refractivity contribution in [3.05, 3.63) is 56.2 Å². The number of pyridine rings is 1. The second kappa shape index (κ2) is 7.59. The minimum Gasteiger partial charge on any atom is -0.368 e. The van der Waals surface area contributed by atoms with E-state index in [0.717, 1.165) is 39.9 Å². The Morgan fingerprint density at radius 3 is 2.89 bits per heavy atom. The Balaban J connectivity index is 1.54. The zero-order valence-electron chi connectivity index (χ0n) is 15.3. The summed E-state index contributed by atoms with van der Waals surface area (Å²) in [6.07, 6.45) is 4.77. The summed E-state index contributed by atoms with van der Waals surface area (Å²) in [5, 5.41) is 3.87. The van der Waals surface area contributed by atoms with Crippen molar-refractivity contribution >= 4 is 45.9 Å². The second-order valence-electron chi connectivity index (χ2n) is 7.82. The number of aromatic nitrogens is 1. The molecule has 2 aromatic rings. The first-order chi connectivity index (χ1) is 13.0. The summed E-state index contributed by atoms with van der Waals surface area (Å²) >= 11 is 8.26. The van der Waals surface area contributed by atoms with Crippen molar-refractivity contribution in [1.29, 1.82) is 0 Å². The van der Waals surface area contributed by atoms with Crippen LogP contribution >= 0.6 is 34.2 Å². The van der Waals surface area contributed by atoms with Crippen LogP contribution < -0.4 is 5.32 Å². The molecule has 0 radical (unpaired) electrons. The molecule has 4 rings (SSSR count). The number of anilines is 1. The van der Waals surface area contributed by atoms with Crippen molar-refractivity contribution in [1.82, 2.24) is 9.88 Å². The number of likely N-dealkylation sites (tertiary alicyclic amines) is 1. The van der Waals surface area contributed by atoms with Crippen molar-refractivity contribution < 1.29 is 4.79 Å². The highest BCUT2D eigenvalue weighted by Crippen LogP contribution is 2.55. The molecular formula is C21H23ClIN3O. The van der Waals surface area contributed by atoms with Crippen molar-refractivity contribution in [2.45, 2.75) is 38.6 Å². The van der Waals surface area contributed by atoms with Crippen LogP contribution in [-0.4, -0.2) is 34.9 Å². The van der Waals surface area contributed by atoms with E-state index < -0.39 is 0 Å². The van der Waals surface area contributed by atoms with Gasteiger partial charge in [0.2, 0.25) is 0 Å². The molecule has 1 aliphatic carbocycles. The van der Waals surface area contributed by atoms with Gasteiger partial charge < -0.3 is 10.2 Å². The lowest BCUT2D eigenvalue weighted by Gasteiger charge is -2.40. The van der Waals surface area contributed by atoms with Gasteiger partial charge in [-0.2, -0.15) is 0 Å². The van der Waals surface area contributed by atoms with E-state index in [1.165, 1.54) is 12.8 Å². The zero-order valence-corrected chi connectivity index (χ0v) is 18.3. The minimum atomic E-state index is 0.143. The molecule has 1 saturated heterocycles. The molecule has 1 unspecified atom stereocenters. The molecule has 6 heteroatoms. The summed E-state index contributed by atoms with van der Waals surface area (Å²) in [4.78, 5) is 19.7. The van der Waals surface area contributed by atoms with Gasteiger partial charge in [-0.05, 0) is 84.9 Å². The molecule has 1 spiro atoms. The van der Waals surface area contributed by atoms with Crippen LogP contribution in [-0.2, 0) is 0 Å². The number of piperidine rings is 1. The van der Waals surface area contributed by atoms with Gasteiger partial charge in [0, 0.05) is 22.7 Å². The number of carbonyl (C=O) groups is 1. The molecular weight excluding hydrogens is 473 g/mol. The average Bonchev–Trinajstić information content (AvgIpc) is 3.40. The highest BCUT2D eigenvalue weighted by Gasteiger charge is 2.49. The van der Waals surface area contributed by atoms with Crippen molar-refractivity contribution in [3.63, 3.8) is 0 Å². The molecule has 0 bridgehead atoms. The van der Waals surface area contributed by atoms with Crippen LogP contribution in [0.2, 0.25) is 5.15 Å². The van der Waals surface area contributed by atoms with E-state index in [9.17, 15) is 4.79 Å². The maximum atomic E-state index is 13.3. The van der Waals surface area contributed by atoms with Gasteiger partial charge in [0.05, 0.1) is 5.56 Å². The van der Waals surface area contributed by atoms with Gasteiger partial charge in [-0.15, -0.1) is 0 Å². The molecule has 4 nitrogen and oxygen atoms in total. The normalized spacial score (nSPS) is 20.6. The van der Waals surface area contributed by atoms with Crippen LogP contribution in [0.25, 0.3) is 0 Å². The van der Waals surface area contributed by atoms with E-state index in [1.54, 1.807) is 6.07 Å². The Bertz CT molecular complexity index is 868. The molecule has 2 heterocycles. The van der Waals surface area contributed by atoms with Crippen LogP contribution in [0.1, 0.15) is 41.6 Å². The van der Waals surface area contributed by atoms with Crippen LogP contribution in [0.4, 0.5) is 5.82 Å². The number of nitrogens with zero attached hydrogens (tertiary/aromatic N) is 2. The van der Waals surface area contributed by atoms with E-state index in [4.69, 9.17) is 11.6 Å². The lowest BCUT2D eigenvalue weighted by molar-refractivity contribution is 0.0544. The Labute approximate surface area is 178 Å². The Kier molecular flexibility index (Phi) is 5.34. The molecule has 27 heavy (non-hydrogen) atoms. The zero-order chi connectivity index (χ0) is 19.0. The van der Waals surface area contributed by atoms with Crippen molar-refractivity contribution in [2.24, 2.45) is 5.41 Å². The molecule has 2 aliphatic rings. The summed E-state index contributed by atoms with van der Waals surface area (Å²) in [5.74, 6) is 0.903. The predicted molar refractivity (Wildman–Crippen MR) is 117 cm³/mol. The van der Waals surface area contributed by atoms with Gasteiger partial charge in [0.15, 0.2) is 0 Å². The van der Waals surface area contributed by atoms with Crippen LogP contribution in [0, 0.1) is 15.9 Å². The topological polar surface area (TPSA) is 45.2 Å². The largest absolute Gasteiger partial charge is 0.368 e. The number of rotatable bonds is 4. The minimum absolute atomic E-state index is 0.143. The molecule has 1 N–H and O–H groups in total. The molecule has 1 aromatic carbocycles. The third kappa shape index (κ3) is 4.24. The molecule has 1 aliphatic heterocycles. The van der Waals surface area contributed by atoms with Gasteiger partial charge >= 0.3 is 0 Å². The Hall–Kier alpha value is -1.34.